The number of hydrogen-bond donors (Lipinski definition) is 4. The Balaban J connectivity index is 0.000000520. The zero-order chi connectivity index (χ0) is 34.3. The molecule has 13 heteroatoms. The van der Waals surface area contributed by atoms with Crippen molar-refractivity contribution in [3.8, 4) is 5.75 Å². The molecule has 0 bridgehead atoms. The van der Waals surface area contributed by atoms with Gasteiger partial charge in [0.05, 0.1) is 26.2 Å². The minimum atomic E-state index is -2.27. The molecular weight excluding hydrogens is 615 g/mol. The molecule has 4 N–H and O–H groups in total. The van der Waals surface area contributed by atoms with Crippen molar-refractivity contribution < 1.29 is 53.4 Å². The number of carboxylic acid groups (broad SMARTS) is 2. The molecule has 12 nitrogen and oxygen atoms in total. The van der Waals surface area contributed by atoms with Gasteiger partial charge in [-0.25, -0.2) is 14.0 Å². The molecule has 0 aromatic heterocycles. The maximum atomic E-state index is 13.6. The third-order valence-electron chi connectivity index (χ3n) is 7.86. The normalized spacial score (nSPS) is 17.1. The average molecular weight is 663 g/mol. The molecule has 2 saturated heterocycles. The number of halogens is 1. The summed E-state index contributed by atoms with van der Waals surface area (Å²) in [6.45, 7) is 9.75. The van der Waals surface area contributed by atoms with Crippen LogP contribution in [-0.4, -0.2) is 112 Å². The Labute approximate surface area is 274 Å². The summed E-state index contributed by atoms with van der Waals surface area (Å²) in [5, 5.41) is 32.5. The summed E-state index contributed by atoms with van der Waals surface area (Å²) >= 11 is 0. The Bertz CT molecular complexity index is 1230. The van der Waals surface area contributed by atoms with Crippen molar-refractivity contribution >= 4 is 17.8 Å². The zero-order valence-corrected chi connectivity index (χ0v) is 27.0. The molecule has 47 heavy (non-hydrogen) atoms. The van der Waals surface area contributed by atoms with Crippen LogP contribution < -0.4 is 4.74 Å². The van der Waals surface area contributed by atoms with E-state index in [2.05, 4.69) is 18.7 Å². The summed E-state index contributed by atoms with van der Waals surface area (Å²) in [4.78, 5) is 37.6. The Morgan fingerprint density at radius 2 is 1.47 bits per heavy atom. The molecule has 2 aliphatic heterocycles. The van der Waals surface area contributed by atoms with Gasteiger partial charge >= 0.3 is 11.9 Å². The van der Waals surface area contributed by atoms with Crippen molar-refractivity contribution in [3.05, 3.63) is 65.5 Å². The standard InChI is InChI=1S/C30H41FN2O4.C4H6O6/c1-23(2)22-37-28-11-7-24(8-12-28)20-29(34)33(21-25-5-9-26(31)10-6-25)27-13-16-32(17-14-27)15-3-4-30-35-18-19-36-30;5-1(3(7)8)2(6)4(9)10/h5-12,23,27,30H,3-4,13-22H2,1-2H3;1-2,5-6H,(H,7,8)(H,9,10). The van der Waals surface area contributed by atoms with Crippen LogP contribution in [0, 0.1) is 11.7 Å². The number of rotatable bonds is 15. The maximum Gasteiger partial charge on any atom is 0.335 e. The first-order valence-electron chi connectivity index (χ1n) is 16.0. The fourth-order valence-electron chi connectivity index (χ4n) is 5.23. The number of amides is 1. The third kappa shape index (κ3) is 13.2. The largest absolute Gasteiger partial charge is 0.493 e. The number of carboxylic acids is 2. The Hall–Kier alpha value is -3.62. The fraction of sp³-hybridized carbons (Fsp3) is 0.559. The number of ether oxygens (including phenoxy) is 3. The lowest BCUT2D eigenvalue weighted by molar-refractivity contribution is -0.165. The van der Waals surface area contributed by atoms with Crippen LogP contribution in [0.25, 0.3) is 0 Å². The highest BCUT2D eigenvalue weighted by Crippen LogP contribution is 2.22. The van der Waals surface area contributed by atoms with E-state index in [4.69, 9.17) is 34.6 Å². The number of carbonyl (C=O) groups is 3. The number of nitrogens with zero attached hydrogens (tertiary/aromatic N) is 2. The molecular formula is C34H47FN2O10. The van der Waals surface area contributed by atoms with Crippen LogP contribution in [0.15, 0.2) is 48.5 Å². The molecule has 0 saturated carbocycles. The van der Waals surface area contributed by atoms with Gasteiger partial charge in [-0.05, 0) is 73.5 Å². The first-order chi connectivity index (χ1) is 22.4. The van der Waals surface area contributed by atoms with Gasteiger partial charge < -0.3 is 44.4 Å². The highest BCUT2D eigenvalue weighted by Gasteiger charge is 2.30. The van der Waals surface area contributed by atoms with E-state index >= 15 is 0 Å². The molecule has 260 valence electrons. The van der Waals surface area contributed by atoms with Gasteiger partial charge in [0.2, 0.25) is 5.91 Å². The summed E-state index contributed by atoms with van der Waals surface area (Å²) in [7, 11) is 0. The highest BCUT2D eigenvalue weighted by atomic mass is 19.1. The lowest BCUT2D eigenvalue weighted by atomic mass is 10.00. The van der Waals surface area contributed by atoms with Gasteiger partial charge in [-0.2, -0.15) is 0 Å². The Kier molecular flexibility index (Phi) is 15.5. The van der Waals surface area contributed by atoms with Crippen molar-refractivity contribution in [3.63, 3.8) is 0 Å². The molecule has 2 fully saturated rings. The molecule has 0 radical (unpaired) electrons. The van der Waals surface area contributed by atoms with Gasteiger partial charge in [0, 0.05) is 25.7 Å². The number of aliphatic hydroxyl groups excluding tert-OH is 2. The topological polar surface area (TPSA) is 166 Å². The molecule has 2 aliphatic rings. The van der Waals surface area contributed by atoms with Crippen molar-refractivity contribution in [1.82, 2.24) is 9.80 Å². The number of hydrogen-bond acceptors (Lipinski definition) is 9. The van der Waals surface area contributed by atoms with E-state index in [1.54, 1.807) is 12.1 Å². The van der Waals surface area contributed by atoms with Crippen molar-refractivity contribution in [2.24, 2.45) is 5.92 Å². The number of piperidine rings is 1. The van der Waals surface area contributed by atoms with Gasteiger partial charge in [-0.15, -0.1) is 0 Å². The molecule has 2 unspecified atom stereocenters. The van der Waals surface area contributed by atoms with Crippen LogP contribution in [0.3, 0.4) is 0 Å². The van der Waals surface area contributed by atoms with Gasteiger partial charge in [-0.3, -0.25) is 4.79 Å². The SMILES string of the molecule is CC(C)COc1ccc(CC(=O)N(Cc2ccc(F)cc2)C2CCN(CCCC3OCCO3)CC2)cc1.O=C(O)C(O)C(O)C(=O)O. The van der Waals surface area contributed by atoms with Gasteiger partial charge in [-0.1, -0.05) is 38.1 Å². The first kappa shape index (κ1) is 37.8. The monoisotopic (exact) mass is 662 g/mol. The zero-order valence-electron chi connectivity index (χ0n) is 27.0. The van der Waals surface area contributed by atoms with E-state index in [9.17, 15) is 18.8 Å². The molecule has 2 aromatic carbocycles. The van der Waals surface area contributed by atoms with Crippen LogP contribution in [-0.2, 0) is 36.8 Å². The Morgan fingerprint density at radius 1 is 0.915 bits per heavy atom. The van der Waals surface area contributed by atoms with Gasteiger partial charge in [0.1, 0.15) is 11.6 Å². The van der Waals surface area contributed by atoms with Crippen LogP contribution in [0.1, 0.15) is 50.7 Å². The smallest absolute Gasteiger partial charge is 0.335 e. The van der Waals surface area contributed by atoms with E-state index in [1.165, 1.54) is 12.1 Å². The number of likely N-dealkylation sites (tertiary alicyclic amines) is 1. The molecule has 0 aliphatic carbocycles. The second-order valence-corrected chi connectivity index (χ2v) is 12.1. The number of carbonyl (C=O) groups excluding carboxylic acids is 1. The molecule has 4 rings (SSSR count). The predicted molar refractivity (Wildman–Crippen MR) is 169 cm³/mol. The number of aliphatic carboxylic acids is 2. The van der Waals surface area contributed by atoms with Gasteiger partial charge in [0.25, 0.3) is 0 Å². The van der Waals surface area contributed by atoms with Crippen LogP contribution in [0.5, 0.6) is 5.75 Å². The first-order valence-corrected chi connectivity index (χ1v) is 16.0. The molecule has 2 atom stereocenters. The summed E-state index contributed by atoms with van der Waals surface area (Å²) < 4.78 is 30.4. The maximum absolute atomic E-state index is 13.6. The molecule has 0 spiro atoms. The Morgan fingerprint density at radius 3 is 2.00 bits per heavy atom. The van der Waals surface area contributed by atoms with Crippen LogP contribution >= 0.6 is 0 Å². The van der Waals surface area contributed by atoms with E-state index < -0.39 is 24.1 Å². The van der Waals surface area contributed by atoms with E-state index in [-0.39, 0.29) is 24.1 Å². The van der Waals surface area contributed by atoms with Gasteiger partial charge in [0.15, 0.2) is 18.5 Å². The average Bonchev–Trinajstić information content (AvgIpc) is 3.57. The van der Waals surface area contributed by atoms with E-state index in [1.807, 2.05) is 29.2 Å². The van der Waals surface area contributed by atoms with Crippen LogP contribution in [0.4, 0.5) is 4.39 Å². The summed E-state index contributed by atoms with van der Waals surface area (Å²) in [5.74, 6) is -2.41. The van der Waals surface area contributed by atoms with Crippen molar-refractivity contribution in [1.29, 1.82) is 0 Å². The molecule has 1 amide bonds. The summed E-state index contributed by atoms with van der Waals surface area (Å²) in [6, 6.07) is 14.5. The lowest BCUT2D eigenvalue weighted by Crippen LogP contribution is -2.47. The van der Waals surface area contributed by atoms with Crippen molar-refractivity contribution in [2.45, 2.75) is 77.0 Å². The minimum absolute atomic E-state index is 0.0443. The quantitative estimate of drug-likeness (QED) is 0.222. The van der Waals surface area contributed by atoms with Crippen molar-refractivity contribution in [2.75, 3.05) is 39.5 Å². The second-order valence-electron chi connectivity index (χ2n) is 12.1. The second kappa shape index (κ2) is 19.3. The summed E-state index contributed by atoms with van der Waals surface area (Å²) in [6.07, 6.45) is -0.391. The molecule has 2 aromatic rings. The number of benzene rings is 2. The predicted octanol–water partition coefficient (Wildman–Crippen LogP) is 2.93. The van der Waals surface area contributed by atoms with Crippen LogP contribution in [0.2, 0.25) is 0 Å². The van der Waals surface area contributed by atoms with E-state index in [0.29, 0.717) is 38.7 Å². The highest BCUT2D eigenvalue weighted by molar-refractivity contribution is 5.83. The van der Waals surface area contributed by atoms with E-state index in [0.717, 1.165) is 62.2 Å². The molecule has 2 heterocycles. The third-order valence-corrected chi connectivity index (χ3v) is 7.86. The fourth-order valence-corrected chi connectivity index (χ4v) is 5.23. The lowest BCUT2D eigenvalue weighted by Gasteiger charge is -2.39. The minimum Gasteiger partial charge on any atom is -0.493 e. The number of aliphatic hydroxyl groups is 2. The summed E-state index contributed by atoms with van der Waals surface area (Å²) in [5.41, 5.74) is 1.92.